The molecular formula is C23H18ClN5OS. The van der Waals surface area contributed by atoms with Crippen LogP contribution in [0.25, 0.3) is 11.4 Å². The molecular weight excluding hydrogens is 430 g/mol. The maximum Gasteiger partial charge on any atom is 0.262 e. The Morgan fingerprint density at radius 3 is 2.74 bits per heavy atom. The Morgan fingerprint density at radius 2 is 2.00 bits per heavy atom. The number of benzene rings is 1. The molecule has 3 aromatic heterocycles. The van der Waals surface area contributed by atoms with Crippen molar-refractivity contribution in [2.75, 3.05) is 5.32 Å². The Kier molecular flexibility index (Phi) is 6.41. The van der Waals surface area contributed by atoms with E-state index in [2.05, 4.69) is 32.2 Å². The molecule has 8 heteroatoms. The highest BCUT2D eigenvalue weighted by molar-refractivity contribution is 7.14. The van der Waals surface area contributed by atoms with Crippen molar-refractivity contribution in [1.29, 1.82) is 0 Å². The summed E-state index contributed by atoms with van der Waals surface area (Å²) in [7, 11) is 0. The fourth-order valence-electron chi connectivity index (χ4n) is 2.81. The minimum atomic E-state index is -0.358. The van der Waals surface area contributed by atoms with E-state index in [4.69, 9.17) is 11.6 Å². The minimum absolute atomic E-state index is 0.281. The molecule has 31 heavy (non-hydrogen) atoms. The Labute approximate surface area is 188 Å². The van der Waals surface area contributed by atoms with Gasteiger partial charge < -0.3 is 0 Å². The number of hydrogen-bond donors (Lipinski definition) is 1. The van der Waals surface area contributed by atoms with Gasteiger partial charge in [0.2, 0.25) is 0 Å². The molecule has 4 rings (SSSR count). The number of rotatable bonds is 5. The highest BCUT2D eigenvalue weighted by Gasteiger charge is 2.18. The summed E-state index contributed by atoms with van der Waals surface area (Å²) in [6.45, 7) is 2.49. The third-order valence-electron chi connectivity index (χ3n) is 4.35. The van der Waals surface area contributed by atoms with Gasteiger partial charge in [-0.2, -0.15) is 5.10 Å². The lowest BCUT2D eigenvalue weighted by atomic mass is 10.2. The van der Waals surface area contributed by atoms with Crippen molar-refractivity contribution in [2.24, 2.45) is 0 Å². The average molecular weight is 448 g/mol. The molecule has 1 N–H and O–H groups in total. The summed E-state index contributed by atoms with van der Waals surface area (Å²) in [5, 5.41) is 9.61. The second-order valence-corrected chi connectivity index (χ2v) is 7.79. The summed E-state index contributed by atoms with van der Waals surface area (Å²) in [6, 6.07) is 13.6. The molecule has 6 nitrogen and oxygen atoms in total. The highest BCUT2D eigenvalue weighted by Crippen LogP contribution is 2.25. The van der Waals surface area contributed by atoms with Gasteiger partial charge in [-0.15, -0.1) is 11.3 Å². The van der Waals surface area contributed by atoms with Crippen molar-refractivity contribution in [3.8, 4) is 23.2 Å². The first-order valence-corrected chi connectivity index (χ1v) is 10.9. The Hall–Kier alpha value is -3.47. The summed E-state index contributed by atoms with van der Waals surface area (Å²) in [5.74, 6) is 5.70. The van der Waals surface area contributed by atoms with Crippen molar-refractivity contribution in [3.05, 3.63) is 82.1 Å². The predicted molar refractivity (Wildman–Crippen MR) is 123 cm³/mol. The number of thiazole rings is 1. The number of halogens is 1. The third-order valence-corrected chi connectivity index (χ3v) is 5.51. The summed E-state index contributed by atoms with van der Waals surface area (Å²) >= 11 is 7.71. The van der Waals surface area contributed by atoms with Gasteiger partial charge in [0, 0.05) is 23.6 Å². The van der Waals surface area contributed by atoms with Gasteiger partial charge in [0.05, 0.1) is 24.0 Å². The maximum absolute atomic E-state index is 12.7. The van der Waals surface area contributed by atoms with Crippen LogP contribution in [0.4, 0.5) is 5.13 Å². The molecule has 3 heterocycles. The first kappa shape index (κ1) is 20.8. The van der Waals surface area contributed by atoms with Gasteiger partial charge in [-0.1, -0.05) is 60.7 Å². The van der Waals surface area contributed by atoms with E-state index in [0.717, 1.165) is 17.5 Å². The molecule has 0 bridgehead atoms. The van der Waals surface area contributed by atoms with Crippen LogP contribution < -0.4 is 5.32 Å². The minimum Gasteiger partial charge on any atom is -0.298 e. The largest absolute Gasteiger partial charge is 0.298 e. The number of carbonyl (C=O) groups excluding carboxylic acids is 1. The molecule has 0 spiro atoms. The quantitative estimate of drug-likeness (QED) is 0.431. The van der Waals surface area contributed by atoms with E-state index >= 15 is 0 Å². The van der Waals surface area contributed by atoms with Gasteiger partial charge in [-0.25, -0.2) is 9.67 Å². The number of nitrogens with one attached hydrogen (secondary N) is 1. The van der Waals surface area contributed by atoms with E-state index in [1.807, 2.05) is 54.8 Å². The molecule has 0 aliphatic heterocycles. The van der Waals surface area contributed by atoms with E-state index in [9.17, 15) is 4.79 Å². The van der Waals surface area contributed by atoms with Crippen LogP contribution in [-0.2, 0) is 6.54 Å². The number of carbonyl (C=O) groups is 1. The van der Waals surface area contributed by atoms with E-state index in [1.54, 1.807) is 10.9 Å². The van der Waals surface area contributed by atoms with Gasteiger partial charge >= 0.3 is 0 Å². The molecule has 0 aliphatic rings. The lowest BCUT2D eigenvalue weighted by Gasteiger charge is -2.04. The summed E-state index contributed by atoms with van der Waals surface area (Å²) < 4.78 is 1.59. The fourth-order valence-corrected chi connectivity index (χ4v) is 3.75. The molecule has 0 saturated heterocycles. The molecule has 0 radical (unpaired) electrons. The van der Waals surface area contributed by atoms with Gasteiger partial charge in [0.15, 0.2) is 5.13 Å². The second kappa shape index (κ2) is 9.56. The molecule has 4 aromatic rings. The molecule has 0 aliphatic carbocycles. The van der Waals surface area contributed by atoms with Crippen LogP contribution in [0.3, 0.4) is 0 Å². The highest BCUT2D eigenvalue weighted by atomic mass is 35.5. The Bertz CT molecular complexity index is 1250. The third kappa shape index (κ3) is 5.00. The number of pyridine rings is 1. The predicted octanol–water partition coefficient (Wildman–Crippen LogP) is 5.12. The molecule has 0 saturated carbocycles. The summed E-state index contributed by atoms with van der Waals surface area (Å²) in [6.07, 6.45) is 3.98. The number of aromatic nitrogens is 4. The van der Waals surface area contributed by atoms with Gasteiger partial charge in [-0.3, -0.25) is 15.1 Å². The molecule has 1 amide bonds. The van der Waals surface area contributed by atoms with Gasteiger partial charge in [0.1, 0.15) is 10.8 Å². The van der Waals surface area contributed by atoms with Gasteiger partial charge in [-0.05, 0) is 17.7 Å². The van der Waals surface area contributed by atoms with Crippen molar-refractivity contribution >= 4 is 34.0 Å². The van der Waals surface area contributed by atoms with Crippen molar-refractivity contribution in [3.63, 3.8) is 0 Å². The lowest BCUT2D eigenvalue weighted by molar-refractivity contribution is 0.102. The average Bonchev–Trinajstić information content (AvgIpc) is 3.40. The van der Waals surface area contributed by atoms with Gasteiger partial charge in [0.25, 0.3) is 5.91 Å². The van der Waals surface area contributed by atoms with Crippen molar-refractivity contribution in [1.82, 2.24) is 19.7 Å². The number of nitrogens with zero attached hydrogens (tertiary/aromatic N) is 4. The Morgan fingerprint density at radius 1 is 1.16 bits per heavy atom. The van der Waals surface area contributed by atoms with Crippen LogP contribution in [0.5, 0.6) is 0 Å². The first-order valence-electron chi connectivity index (χ1n) is 9.61. The first-order chi connectivity index (χ1) is 15.1. The van der Waals surface area contributed by atoms with Crippen LogP contribution in [0.1, 0.15) is 34.8 Å². The van der Waals surface area contributed by atoms with E-state index in [0.29, 0.717) is 28.6 Å². The SMILES string of the molecule is CCC#Cc1ccc(-c2csc(NC(=O)c3cnn(Cc4ccccc4)c3Cl)n2)nc1. The molecule has 154 valence electrons. The van der Waals surface area contributed by atoms with E-state index in [-0.39, 0.29) is 11.1 Å². The zero-order valence-electron chi connectivity index (χ0n) is 16.7. The van der Waals surface area contributed by atoms with E-state index < -0.39 is 0 Å². The van der Waals surface area contributed by atoms with Crippen LogP contribution in [0.15, 0.2) is 60.2 Å². The van der Waals surface area contributed by atoms with Crippen LogP contribution in [-0.4, -0.2) is 25.7 Å². The van der Waals surface area contributed by atoms with Crippen molar-refractivity contribution in [2.45, 2.75) is 19.9 Å². The number of hydrogen-bond acceptors (Lipinski definition) is 5. The number of anilines is 1. The van der Waals surface area contributed by atoms with Crippen LogP contribution in [0.2, 0.25) is 5.15 Å². The second-order valence-electron chi connectivity index (χ2n) is 6.57. The standard InChI is InChI=1S/C23H18ClN5OS/c1-2-3-7-16-10-11-19(25-12-16)20-15-31-23(27-20)28-22(30)18-13-26-29(21(18)24)14-17-8-5-4-6-9-17/h4-6,8-13,15H,2,14H2,1H3,(H,27,28,30). The summed E-state index contributed by atoms with van der Waals surface area (Å²) in [4.78, 5) is 21.5. The fraction of sp³-hybridized carbons (Fsp3) is 0.130. The van der Waals surface area contributed by atoms with Crippen molar-refractivity contribution < 1.29 is 4.79 Å². The van der Waals surface area contributed by atoms with Crippen LogP contribution in [0, 0.1) is 11.8 Å². The summed E-state index contributed by atoms with van der Waals surface area (Å²) in [5.41, 5.74) is 3.60. The molecule has 0 unspecified atom stereocenters. The molecule has 1 aromatic carbocycles. The van der Waals surface area contributed by atoms with E-state index in [1.165, 1.54) is 17.5 Å². The zero-order valence-corrected chi connectivity index (χ0v) is 18.2. The molecule has 0 atom stereocenters. The topological polar surface area (TPSA) is 72.7 Å². The smallest absolute Gasteiger partial charge is 0.262 e. The van der Waals surface area contributed by atoms with Crippen LogP contribution >= 0.6 is 22.9 Å². The normalized spacial score (nSPS) is 10.4. The Balaban J connectivity index is 1.45. The monoisotopic (exact) mass is 447 g/mol. The lowest BCUT2D eigenvalue weighted by Crippen LogP contribution is -2.12. The maximum atomic E-state index is 12.7. The molecule has 0 fully saturated rings. The number of amides is 1. The zero-order chi connectivity index (χ0) is 21.6.